The first-order valence-electron chi connectivity index (χ1n) is 5.90. The zero-order chi connectivity index (χ0) is 11.6. The minimum absolute atomic E-state index is 0.204. The molecule has 0 bridgehead atoms. The van der Waals surface area contributed by atoms with Gasteiger partial charge in [0.15, 0.2) is 0 Å². The molecule has 1 atom stereocenters. The summed E-state index contributed by atoms with van der Waals surface area (Å²) in [5, 5.41) is 0. The van der Waals surface area contributed by atoms with E-state index in [2.05, 4.69) is 32.6 Å². The number of carbonyl (C=O) groups is 1. The summed E-state index contributed by atoms with van der Waals surface area (Å²) in [6, 6.07) is 0.470. The summed E-state index contributed by atoms with van der Waals surface area (Å²) < 4.78 is 0. The average molecular weight is 212 g/mol. The second kappa shape index (κ2) is 4.52. The average Bonchev–Trinajstić information content (AvgIpc) is 2.17. The minimum atomic E-state index is 0.204. The van der Waals surface area contributed by atoms with Crippen LogP contribution in [0.4, 0.5) is 0 Å². The van der Waals surface area contributed by atoms with Crippen LogP contribution in [0.1, 0.15) is 41.0 Å². The van der Waals surface area contributed by atoms with Crippen molar-refractivity contribution in [2.45, 2.75) is 52.6 Å². The lowest BCUT2D eigenvalue weighted by molar-refractivity contribution is -0.133. The van der Waals surface area contributed by atoms with Crippen LogP contribution in [0.15, 0.2) is 0 Å². The van der Waals surface area contributed by atoms with Crippen LogP contribution in [0.5, 0.6) is 0 Å². The first kappa shape index (κ1) is 12.5. The SMILES string of the molecule is CCC(C)(C)N1CCN(C(C)=O)C[C@@H]1C. The number of amides is 1. The van der Waals surface area contributed by atoms with Crippen LogP contribution in [-0.4, -0.2) is 46.9 Å². The highest BCUT2D eigenvalue weighted by atomic mass is 16.2. The van der Waals surface area contributed by atoms with E-state index in [-0.39, 0.29) is 11.4 Å². The molecule has 0 spiro atoms. The molecular formula is C12H24N2O. The molecule has 3 nitrogen and oxygen atoms in total. The summed E-state index contributed by atoms with van der Waals surface area (Å²) in [5.74, 6) is 0.204. The van der Waals surface area contributed by atoms with Crippen molar-refractivity contribution in [2.75, 3.05) is 19.6 Å². The Bertz CT molecular complexity index is 238. The van der Waals surface area contributed by atoms with Crippen LogP contribution < -0.4 is 0 Å². The van der Waals surface area contributed by atoms with Crippen LogP contribution in [0, 0.1) is 0 Å². The third-order valence-electron chi connectivity index (χ3n) is 3.72. The largest absolute Gasteiger partial charge is 0.340 e. The number of hydrogen-bond acceptors (Lipinski definition) is 2. The van der Waals surface area contributed by atoms with Gasteiger partial charge >= 0.3 is 0 Å². The highest BCUT2D eigenvalue weighted by Gasteiger charge is 2.33. The monoisotopic (exact) mass is 212 g/mol. The minimum Gasteiger partial charge on any atom is -0.340 e. The van der Waals surface area contributed by atoms with Gasteiger partial charge in [0.25, 0.3) is 0 Å². The van der Waals surface area contributed by atoms with Gasteiger partial charge < -0.3 is 4.90 Å². The Morgan fingerprint density at radius 3 is 2.40 bits per heavy atom. The highest BCUT2D eigenvalue weighted by molar-refractivity contribution is 5.73. The maximum Gasteiger partial charge on any atom is 0.219 e. The van der Waals surface area contributed by atoms with E-state index >= 15 is 0 Å². The number of carbonyl (C=O) groups excluding carboxylic acids is 1. The van der Waals surface area contributed by atoms with E-state index in [0.717, 1.165) is 26.1 Å². The molecule has 1 saturated heterocycles. The van der Waals surface area contributed by atoms with Crippen LogP contribution in [0.2, 0.25) is 0 Å². The number of rotatable bonds is 2. The molecule has 0 aromatic heterocycles. The Morgan fingerprint density at radius 1 is 1.40 bits per heavy atom. The Hall–Kier alpha value is -0.570. The van der Waals surface area contributed by atoms with Crippen LogP contribution >= 0.6 is 0 Å². The molecule has 3 heteroatoms. The normalized spacial score (nSPS) is 24.3. The van der Waals surface area contributed by atoms with Crippen molar-refractivity contribution < 1.29 is 4.79 Å². The summed E-state index contributed by atoms with van der Waals surface area (Å²) in [4.78, 5) is 15.7. The van der Waals surface area contributed by atoms with Gasteiger partial charge in [0, 0.05) is 38.1 Å². The molecule has 1 heterocycles. The molecule has 1 amide bonds. The fraction of sp³-hybridized carbons (Fsp3) is 0.917. The number of hydrogen-bond donors (Lipinski definition) is 0. The van der Waals surface area contributed by atoms with E-state index in [1.165, 1.54) is 0 Å². The van der Waals surface area contributed by atoms with E-state index < -0.39 is 0 Å². The summed E-state index contributed by atoms with van der Waals surface area (Å²) in [6.07, 6.45) is 1.15. The second-order valence-electron chi connectivity index (χ2n) is 5.17. The molecule has 1 aliphatic rings. The van der Waals surface area contributed by atoms with Crippen LogP contribution in [0.25, 0.3) is 0 Å². The maximum absolute atomic E-state index is 11.3. The molecule has 0 radical (unpaired) electrons. The van der Waals surface area contributed by atoms with Gasteiger partial charge in [0.05, 0.1) is 0 Å². The Balaban J connectivity index is 2.64. The zero-order valence-corrected chi connectivity index (χ0v) is 10.7. The molecule has 1 fully saturated rings. The van der Waals surface area contributed by atoms with Crippen molar-refractivity contribution >= 4 is 5.91 Å². The molecular weight excluding hydrogens is 188 g/mol. The Morgan fingerprint density at radius 2 is 2.00 bits per heavy atom. The standard InChI is InChI=1S/C12H24N2O/c1-6-12(4,5)14-8-7-13(11(3)15)9-10(14)2/h10H,6-9H2,1-5H3/t10-/m0/s1. The predicted molar refractivity (Wildman–Crippen MR) is 62.8 cm³/mol. The first-order chi connectivity index (χ1) is 6.88. The van der Waals surface area contributed by atoms with Crippen molar-refractivity contribution in [2.24, 2.45) is 0 Å². The molecule has 0 saturated carbocycles. The quantitative estimate of drug-likeness (QED) is 0.696. The van der Waals surface area contributed by atoms with Gasteiger partial charge in [-0.15, -0.1) is 0 Å². The molecule has 0 N–H and O–H groups in total. The molecule has 0 unspecified atom stereocenters. The fourth-order valence-electron chi connectivity index (χ4n) is 2.35. The molecule has 1 aliphatic heterocycles. The lowest BCUT2D eigenvalue weighted by Gasteiger charge is -2.47. The van der Waals surface area contributed by atoms with Gasteiger partial charge in [-0.1, -0.05) is 6.92 Å². The first-order valence-corrected chi connectivity index (χ1v) is 5.90. The topological polar surface area (TPSA) is 23.6 Å². The highest BCUT2D eigenvalue weighted by Crippen LogP contribution is 2.24. The van der Waals surface area contributed by atoms with E-state index in [1.54, 1.807) is 6.92 Å². The predicted octanol–water partition coefficient (Wildman–Crippen LogP) is 1.73. The molecule has 0 aromatic rings. The Labute approximate surface area is 93.4 Å². The smallest absolute Gasteiger partial charge is 0.219 e. The summed E-state index contributed by atoms with van der Waals surface area (Å²) in [6.45, 7) is 13.4. The molecule has 0 aromatic carbocycles. The molecule has 0 aliphatic carbocycles. The summed E-state index contributed by atoms with van der Waals surface area (Å²) in [7, 11) is 0. The van der Waals surface area contributed by atoms with Crippen molar-refractivity contribution in [3.63, 3.8) is 0 Å². The van der Waals surface area contributed by atoms with Gasteiger partial charge in [-0.05, 0) is 27.2 Å². The van der Waals surface area contributed by atoms with Gasteiger partial charge in [-0.3, -0.25) is 9.69 Å². The maximum atomic E-state index is 11.3. The lowest BCUT2D eigenvalue weighted by atomic mass is 9.95. The van der Waals surface area contributed by atoms with Gasteiger partial charge in [0.1, 0.15) is 0 Å². The van der Waals surface area contributed by atoms with E-state index in [0.29, 0.717) is 6.04 Å². The summed E-state index contributed by atoms with van der Waals surface area (Å²) in [5.41, 5.74) is 0.252. The van der Waals surface area contributed by atoms with E-state index in [4.69, 9.17) is 0 Å². The third kappa shape index (κ3) is 2.71. The van der Waals surface area contributed by atoms with Crippen LogP contribution in [-0.2, 0) is 4.79 Å². The van der Waals surface area contributed by atoms with Gasteiger partial charge in [0.2, 0.25) is 5.91 Å². The van der Waals surface area contributed by atoms with E-state index in [9.17, 15) is 4.79 Å². The molecule has 1 rings (SSSR count). The Kier molecular flexibility index (Phi) is 3.77. The fourth-order valence-corrected chi connectivity index (χ4v) is 2.35. The molecule has 15 heavy (non-hydrogen) atoms. The lowest BCUT2D eigenvalue weighted by Crippen LogP contribution is -2.59. The van der Waals surface area contributed by atoms with E-state index in [1.807, 2.05) is 4.90 Å². The third-order valence-corrected chi connectivity index (χ3v) is 3.72. The molecule has 88 valence electrons. The number of piperazine rings is 1. The van der Waals surface area contributed by atoms with Crippen molar-refractivity contribution in [3.8, 4) is 0 Å². The van der Waals surface area contributed by atoms with Crippen molar-refractivity contribution in [1.82, 2.24) is 9.80 Å². The van der Waals surface area contributed by atoms with Crippen LogP contribution in [0.3, 0.4) is 0 Å². The second-order valence-corrected chi connectivity index (χ2v) is 5.17. The van der Waals surface area contributed by atoms with Gasteiger partial charge in [-0.2, -0.15) is 0 Å². The van der Waals surface area contributed by atoms with Crippen molar-refractivity contribution in [1.29, 1.82) is 0 Å². The zero-order valence-electron chi connectivity index (χ0n) is 10.7. The summed E-state index contributed by atoms with van der Waals surface area (Å²) >= 11 is 0. The van der Waals surface area contributed by atoms with Crippen molar-refractivity contribution in [3.05, 3.63) is 0 Å². The van der Waals surface area contributed by atoms with Gasteiger partial charge in [-0.25, -0.2) is 0 Å². The number of nitrogens with zero attached hydrogens (tertiary/aromatic N) is 2.